The Bertz CT molecular complexity index is 550. The summed E-state index contributed by atoms with van der Waals surface area (Å²) in [6, 6.07) is 6.46. The maximum atomic E-state index is 12.3. The Labute approximate surface area is 111 Å². The van der Waals surface area contributed by atoms with Crippen LogP contribution in [0.4, 0.5) is 0 Å². The van der Waals surface area contributed by atoms with E-state index in [2.05, 4.69) is 6.08 Å². The number of hydrogen-bond acceptors (Lipinski definition) is 2. The van der Waals surface area contributed by atoms with E-state index in [1.165, 1.54) is 0 Å². The van der Waals surface area contributed by atoms with Crippen LogP contribution in [0.3, 0.4) is 0 Å². The second-order valence-corrected chi connectivity index (χ2v) is 4.63. The summed E-state index contributed by atoms with van der Waals surface area (Å²) in [5.74, 6) is 0.0328. The van der Waals surface area contributed by atoms with Gasteiger partial charge in [0.2, 0.25) is 0 Å². The van der Waals surface area contributed by atoms with Crippen LogP contribution in [-0.2, 0) is 0 Å². The Morgan fingerprint density at radius 3 is 2.28 bits per heavy atom. The molecule has 0 aromatic heterocycles. The number of carbonyl (C=O) groups excluding carboxylic acids is 2. The molecule has 0 radical (unpaired) electrons. The SMILES string of the molecule is CC1=C(C(=O)c2ccc(C(=O)Cl)cc2)CCC=C1. The maximum Gasteiger partial charge on any atom is 0.252 e. The third kappa shape index (κ3) is 2.59. The summed E-state index contributed by atoms with van der Waals surface area (Å²) in [5, 5.41) is -0.509. The van der Waals surface area contributed by atoms with Crippen LogP contribution >= 0.6 is 11.6 Å². The fourth-order valence-corrected chi connectivity index (χ4v) is 2.13. The summed E-state index contributed by atoms with van der Waals surface area (Å²) >= 11 is 5.36. The molecule has 0 saturated carbocycles. The molecule has 0 atom stereocenters. The average molecular weight is 261 g/mol. The smallest absolute Gasteiger partial charge is 0.252 e. The summed E-state index contributed by atoms with van der Waals surface area (Å²) in [6.07, 6.45) is 5.72. The predicted octanol–water partition coefficient (Wildman–Crippen LogP) is 3.91. The lowest BCUT2D eigenvalue weighted by atomic mass is 9.91. The van der Waals surface area contributed by atoms with Gasteiger partial charge in [0.25, 0.3) is 5.24 Å². The quantitative estimate of drug-likeness (QED) is 0.610. The number of rotatable bonds is 3. The molecule has 2 rings (SSSR count). The highest BCUT2D eigenvalue weighted by molar-refractivity contribution is 6.67. The number of carbonyl (C=O) groups is 2. The van der Waals surface area contributed by atoms with Crippen LogP contribution in [0.15, 0.2) is 47.6 Å². The van der Waals surface area contributed by atoms with Gasteiger partial charge in [0, 0.05) is 16.7 Å². The lowest BCUT2D eigenvalue weighted by molar-refractivity contribution is 0.102. The van der Waals surface area contributed by atoms with Gasteiger partial charge in [-0.15, -0.1) is 0 Å². The van der Waals surface area contributed by atoms with E-state index < -0.39 is 5.24 Å². The number of halogens is 1. The van der Waals surface area contributed by atoms with Crippen LogP contribution in [0.1, 0.15) is 40.5 Å². The standard InChI is InChI=1S/C15H13ClO2/c1-10-4-2-3-5-13(10)14(17)11-6-8-12(9-7-11)15(16)18/h2,4,6-9H,3,5H2,1H3. The normalized spacial score (nSPS) is 14.8. The fraction of sp³-hybridized carbons (Fsp3) is 0.200. The first-order valence-corrected chi connectivity index (χ1v) is 6.18. The van der Waals surface area contributed by atoms with Crippen LogP contribution < -0.4 is 0 Å². The molecule has 2 nitrogen and oxygen atoms in total. The lowest BCUT2D eigenvalue weighted by Crippen LogP contribution is -2.07. The molecule has 0 unspecified atom stereocenters. The Kier molecular flexibility index (Phi) is 3.78. The Morgan fingerprint density at radius 1 is 1.11 bits per heavy atom. The highest BCUT2D eigenvalue weighted by Crippen LogP contribution is 2.22. The van der Waals surface area contributed by atoms with Crippen molar-refractivity contribution < 1.29 is 9.59 Å². The first-order chi connectivity index (χ1) is 8.59. The largest absolute Gasteiger partial charge is 0.289 e. The Balaban J connectivity index is 2.29. The van der Waals surface area contributed by atoms with Crippen molar-refractivity contribution in [2.75, 3.05) is 0 Å². The second-order valence-electron chi connectivity index (χ2n) is 4.28. The van der Waals surface area contributed by atoms with Gasteiger partial charge in [0.15, 0.2) is 5.78 Å². The molecule has 3 heteroatoms. The molecule has 0 fully saturated rings. The summed E-state index contributed by atoms with van der Waals surface area (Å²) in [5.41, 5.74) is 2.87. The van der Waals surface area contributed by atoms with Gasteiger partial charge in [0.05, 0.1) is 0 Å². The minimum absolute atomic E-state index is 0.0328. The fourth-order valence-electron chi connectivity index (χ4n) is 2.01. The molecule has 0 bridgehead atoms. The van der Waals surface area contributed by atoms with Gasteiger partial charge in [0.1, 0.15) is 0 Å². The van der Waals surface area contributed by atoms with Gasteiger partial charge < -0.3 is 0 Å². The van der Waals surface area contributed by atoms with Crippen LogP contribution in [0.5, 0.6) is 0 Å². The number of hydrogen-bond donors (Lipinski definition) is 0. The molecule has 18 heavy (non-hydrogen) atoms. The Morgan fingerprint density at radius 2 is 1.72 bits per heavy atom. The van der Waals surface area contributed by atoms with Crippen molar-refractivity contribution in [1.29, 1.82) is 0 Å². The molecule has 92 valence electrons. The van der Waals surface area contributed by atoms with Crippen molar-refractivity contribution in [3.63, 3.8) is 0 Å². The molecule has 0 heterocycles. The Hall–Kier alpha value is -1.67. The summed E-state index contributed by atoms with van der Waals surface area (Å²) in [7, 11) is 0. The first kappa shape index (κ1) is 12.8. The van der Waals surface area contributed by atoms with Crippen LogP contribution in [-0.4, -0.2) is 11.0 Å². The average Bonchev–Trinajstić information content (AvgIpc) is 2.38. The molecule has 1 aromatic carbocycles. The minimum atomic E-state index is -0.509. The summed E-state index contributed by atoms with van der Waals surface area (Å²) in [4.78, 5) is 23.2. The van der Waals surface area contributed by atoms with Crippen molar-refractivity contribution in [2.45, 2.75) is 19.8 Å². The molecule has 0 spiro atoms. The van der Waals surface area contributed by atoms with Crippen LogP contribution in [0, 0.1) is 0 Å². The van der Waals surface area contributed by atoms with E-state index in [0.717, 1.165) is 24.0 Å². The minimum Gasteiger partial charge on any atom is -0.289 e. The number of Topliss-reactive ketones (excluding diaryl/α,β-unsaturated/α-hetero) is 1. The van der Waals surface area contributed by atoms with Crippen molar-refractivity contribution in [3.05, 3.63) is 58.7 Å². The zero-order chi connectivity index (χ0) is 13.1. The molecular formula is C15H13ClO2. The molecule has 1 aromatic rings. The van der Waals surface area contributed by atoms with E-state index in [-0.39, 0.29) is 5.78 Å². The van der Waals surface area contributed by atoms with Gasteiger partial charge >= 0.3 is 0 Å². The third-order valence-corrected chi connectivity index (χ3v) is 3.27. The van der Waals surface area contributed by atoms with E-state index >= 15 is 0 Å². The van der Waals surface area contributed by atoms with Crippen molar-refractivity contribution >= 4 is 22.6 Å². The van der Waals surface area contributed by atoms with Crippen molar-refractivity contribution in [3.8, 4) is 0 Å². The van der Waals surface area contributed by atoms with Gasteiger partial charge in [-0.05, 0) is 49.1 Å². The van der Waals surface area contributed by atoms with Gasteiger partial charge in [-0.3, -0.25) is 9.59 Å². The monoisotopic (exact) mass is 260 g/mol. The molecule has 0 amide bonds. The van der Waals surface area contributed by atoms with Gasteiger partial charge in [-0.1, -0.05) is 24.3 Å². The molecule has 0 saturated heterocycles. The van der Waals surface area contributed by atoms with Crippen LogP contribution in [0.2, 0.25) is 0 Å². The zero-order valence-electron chi connectivity index (χ0n) is 10.1. The van der Waals surface area contributed by atoms with E-state index in [0.29, 0.717) is 11.1 Å². The van der Waals surface area contributed by atoms with Crippen molar-refractivity contribution in [2.24, 2.45) is 0 Å². The van der Waals surface area contributed by atoms with E-state index in [1.54, 1.807) is 24.3 Å². The van der Waals surface area contributed by atoms with E-state index in [9.17, 15) is 9.59 Å². The van der Waals surface area contributed by atoms with Gasteiger partial charge in [-0.2, -0.15) is 0 Å². The molecule has 0 N–H and O–H groups in total. The van der Waals surface area contributed by atoms with Crippen molar-refractivity contribution in [1.82, 2.24) is 0 Å². The molecule has 1 aliphatic carbocycles. The van der Waals surface area contributed by atoms with E-state index in [4.69, 9.17) is 11.6 Å². The highest BCUT2D eigenvalue weighted by Gasteiger charge is 2.16. The van der Waals surface area contributed by atoms with Crippen LogP contribution in [0.25, 0.3) is 0 Å². The highest BCUT2D eigenvalue weighted by atomic mass is 35.5. The van der Waals surface area contributed by atoms with Gasteiger partial charge in [-0.25, -0.2) is 0 Å². The molecule has 0 aliphatic heterocycles. The zero-order valence-corrected chi connectivity index (χ0v) is 10.8. The number of allylic oxidation sites excluding steroid dienone is 4. The lowest BCUT2D eigenvalue weighted by Gasteiger charge is -2.12. The molecular weight excluding hydrogens is 248 g/mol. The third-order valence-electron chi connectivity index (χ3n) is 3.05. The number of ketones is 1. The topological polar surface area (TPSA) is 34.1 Å². The predicted molar refractivity (Wildman–Crippen MR) is 72.0 cm³/mol. The van der Waals surface area contributed by atoms with E-state index in [1.807, 2.05) is 13.0 Å². The number of benzene rings is 1. The summed E-state index contributed by atoms with van der Waals surface area (Å²) in [6.45, 7) is 1.94. The summed E-state index contributed by atoms with van der Waals surface area (Å²) < 4.78 is 0. The maximum absolute atomic E-state index is 12.3. The first-order valence-electron chi connectivity index (χ1n) is 5.80. The molecule has 1 aliphatic rings. The second kappa shape index (κ2) is 5.32.